The van der Waals surface area contributed by atoms with Crippen LogP contribution < -0.4 is 0 Å². The lowest BCUT2D eigenvalue weighted by molar-refractivity contribution is -0.156. The summed E-state index contributed by atoms with van der Waals surface area (Å²) >= 11 is 0. The van der Waals surface area contributed by atoms with Gasteiger partial charge in [0.05, 0.1) is 5.92 Å². The minimum atomic E-state index is -0.359. The summed E-state index contributed by atoms with van der Waals surface area (Å²) in [5.41, 5.74) is -0.359. The van der Waals surface area contributed by atoms with Gasteiger partial charge in [0, 0.05) is 13.2 Å². The van der Waals surface area contributed by atoms with E-state index in [9.17, 15) is 4.79 Å². The Hall–Kier alpha value is -0.570. The molecule has 0 aromatic heterocycles. The third kappa shape index (κ3) is 6.06. The standard InChI is InChI=1S/C14H26O3/c1-5-6-8-16-9-7-11-10-12(11)13(15)17-14(2,3)4/h11-12H,5-10H2,1-4H3/t11-,12-/m0/s1. The summed E-state index contributed by atoms with van der Waals surface area (Å²) in [7, 11) is 0. The number of esters is 1. The molecule has 100 valence electrons. The lowest BCUT2D eigenvalue weighted by atomic mass is 10.2. The highest BCUT2D eigenvalue weighted by Gasteiger charge is 2.44. The van der Waals surface area contributed by atoms with Crippen LogP contribution in [0.2, 0.25) is 0 Å². The highest BCUT2D eigenvalue weighted by Crippen LogP contribution is 2.42. The van der Waals surface area contributed by atoms with Crippen LogP contribution in [0, 0.1) is 11.8 Å². The zero-order valence-electron chi connectivity index (χ0n) is 11.6. The molecule has 0 aliphatic heterocycles. The molecule has 1 aliphatic carbocycles. The van der Waals surface area contributed by atoms with Crippen LogP contribution in [0.15, 0.2) is 0 Å². The van der Waals surface area contributed by atoms with E-state index in [0.29, 0.717) is 5.92 Å². The van der Waals surface area contributed by atoms with Gasteiger partial charge in [0.25, 0.3) is 0 Å². The molecule has 0 saturated heterocycles. The number of carbonyl (C=O) groups is 1. The smallest absolute Gasteiger partial charge is 0.309 e. The largest absolute Gasteiger partial charge is 0.460 e. The van der Waals surface area contributed by atoms with E-state index >= 15 is 0 Å². The molecule has 0 aromatic carbocycles. The van der Waals surface area contributed by atoms with Gasteiger partial charge in [0.15, 0.2) is 0 Å². The number of hydrogen-bond donors (Lipinski definition) is 0. The van der Waals surface area contributed by atoms with Crippen LogP contribution in [0.5, 0.6) is 0 Å². The number of rotatable bonds is 7. The van der Waals surface area contributed by atoms with Crippen molar-refractivity contribution in [2.75, 3.05) is 13.2 Å². The Kier molecular flexibility index (Phi) is 5.44. The highest BCUT2D eigenvalue weighted by atomic mass is 16.6. The van der Waals surface area contributed by atoms with Crippen LogP contribution in [-0.2, 0) is 14.3 Å². The van der Waals surface area contributed by atoms with E-state index in [0.717, 1.165) is 32.5 Å². The van der Waals surface area contributed by atoms with E-state index in [1.807, 2.05) is 20.8 Å². The maximum Gasteiger partial charge on any atom is 0.309 e. The SMILES string of the molecule is CCCCOCC[C@H]1C[C@@H]1C(=O)OC(C)(C)C. The van der Waals surface area contributed by atoms with Crippen molar-refractivity contribution in [2.45, 2.75) is 59.0 Å². The predicted molar refractivity (Wildman–Crippen MR) is 67.8 cm³/mol. The third-order valence-corrected chi connectivity index (χ3v) is 2.91. The van der Waals surface area contributed by atoms with Crippen LogP contribution in [0.3, 0.4) is 0 Å². The fourth-order valence-corrected chi connectivity index (χ4v) is 1.82. The molecule has 0 radical (unpaired) electrons. The zero-order valence-corrected chi connectivity index (χ0v) is 11.6. The molecule has 0 spiro atoms. The van der Waals surface area contributed by atoms with Gasteiger partial charge in [0.2, 0.25) is 0 Å². The van der Waals surface area contributed by atoms with Crippen molar-refractivity contribution >= 4 is 5.97 Å². The molecule has 0 N–H and O–H groups in total. The monoisotopic (exact) mass is 242 g/mol. The second kappa shape index (κ2) is 6.39. The number of ether oxygens (including phenoxy) is 2. The number of carbonyl (C=O) groups excluding carboxylic acids is 1. The minimum Gasteiger partial charge on any atom is -0.460 e. The second-order valence-electron chi connectivity index (χ2n) is 5.89. The molecule has 3 heteroatoms. The van der Waals surface area contributed by atoms with Crippen LogP contribution >= 0.6 is 0 Å². The lowest BCUT2D eigenvalue weighted by Gasteiger charge is -2.19. The maximum atomic E-state index is 11.7. The minimum absolute atomic E-state index is 0.0314. The fourth-order valence-electron chi connectivity index (χ4n) is 1.82. The number of unbranched alkanes of at least 4 members (excludes halogenated alkanes) is 1. The van der Waals surface area contributed by atoms with Gasteiger partial charge < -0.3 is 9.47 Å². The first-order valence-corrected chi connectivity index (χ1v) is 6.74. The van der Waals surface area contributed by atoms with Crippen molar-refractivity contribution < 1.29 is 14.3 Å². The summed E-state index contributed by atoms with van der Waals surface area (Å²) in [5, 5.41) is 0. The molecule has 1 rings (SSSR count). The van der Waals surface area contributed by atoms with Gasteiger partial charge in [-0.3, -0.25) is 4.79 Å². The van der Waals surface area contributed by atoms with E-state index in [1.54, 1.807) is 0 Å². The van der Waals surface area contributed by atoms with Gasteiger partial charge in [-0.05, 0) is 46.0 Å². The molecule has 0 bridgehead atoms. The third-order valence-electron chi connectivity index (χ3n) is 2.91. The highest BCUT2D eigenvalue weighted by molar-refractivity contribution is 5.76. The van der Waals surface area contributed by atoms with Crippen molar-refractivity contribution in [2.24, 2.45) is 11.8 Å². The summed E-state index contributed by atoms with van der Waals surface area (Å²) < 4.78 is 10.9. The summed E-state index contributed by atoms with van der Waals surface area (Å²) in [5.74, 6) is 0.589. The van der Waals surface area contributed by atoms with E-state index in [4.69, 9.17) is 9.47 Å². The Balaban J connectivity index is 2.06. The summed E-state index contributed by atoms with van der Waals surface area (Å²) in [6.45, 7) is 9.52. The van der Waals surface area contributed by atoms with Crippen molar-refractivity contribution in [1.29, 1.82) is 0 Å². The van der Waals surface area contributed by atoms with Gasteiger partial charge in [-0.25, -0.2) is 0 Å². The first kappa shape index (κ1) is 14.5. The first-order chi connectivity index (χ1) is 7.94. The van der Waals surface area contributed by atoms with Crippen molar-refractivity contribution in [1.82, 2.24) is 0 Å². The maximum absolute atomic E-state index is 11.7. The zero-order chi connectivity index (χ0) is 12.9. The van der Waals surface area contributed by atoms with Crippen molar-refractivity contribution in [3.63, 3.8) is 0 Å². The molecule has 0 amide bonds. The van der Waals surface area contributed by atoms with Crippen molar-refractivity contribution in [3.05, 3.63) is 0 Å². The quantitative estimate of drug-likeness (QED) is 0.508. The normalized spacial score (nSPS) is 23.5. The number of hydrogen-bond acceptors (Lipinski definition) is 3. The molecule has 3 nitrogen and oxygen atoms in total. The Bertz CT molecular complexity index is 242. The van der Waals surface area contributed by atoms with Crippen LogP contribution in [0.1, 0.15) is 53.4 Å². The molecule has 1 fully saturated rings. The summed E-state index contributed by atoms with van der Waals surface area (Å²) in [6.07, 6.45) is 4.27. The fraction of sp³-hybridized carbons (Fsp3) is 0.929. The topological polar surface area (TPSA) is 35.5 Å². The van der Waals surface area contributed by atoms with Crippen molar-refractivity contribution in [3.8, 4) is 0 Å². The van der Waals surface area contributed by atoms with Gasteiger partial charge in [0.1, 0.15) is 5.60 Å². The molecule has 1 saturated carbocycles. The molecular weight excluding hydrogens is 216 g/mol. The molecule has 0 aromatic rings. The van der Waals surface area contributed by atoms with E-state index in [2.05, 4.69) is 6.92 Å². The first-order valence-electron chi connectivity index (χ1n) is 6.74. The second-order valence-corrected chi connectivity index (χ2v) is 5.89. The lowest BCUT2D eigenvalue weighted by Crippen LogP contribution is -2.25. The van der Waals surface area contributed by atoms with E-state index < -0.39 is 0 Å². The van der Waals surface area contributed by atoms with E-state index in [-0.39, 0.29) is 17.5 Å². The average Bonchev–Trinajstić information content (AvgIpc) is 2.94. The van der Waals surface area contributed by atoms with Gasteiger partial charge in [-0.2, -0.15) is 0 Å². The summed E-state index contributed by atoms with van der Waals surface area (Å²) in [6, 6.07) is 0. The van der Waals surface area contributed by atoms with Gasteiger partial charge in [-0.1, -0.05) is 13.3 Å². The van der Waals surface area contributed by atoms with Gasteiger partial charge >= 0.3 is 5.97 Å². The van der Waals surface area contributed by atoms with E-state index in [1.165, 1.54) is 6.42 Å². The Morgan fingerprint density at radius 1 is 1.29 bits per heavy atom. The van der Waals surface area contributed by atoms with Gasteiger partial charge in [-0.15, -0.1) is 0 Å². The van der Waals surface area contributed by atoms with Crippen LogP contribution in [0.4, 0.5) is 0 Å². The Morgan fingerprint density at radius 2 is 2.00 bits per heavy atom. The molecule has 0 unspecified atom stereocenters. The summed E-state index contributed by atoms with van der Waals surface area (Å²) in [4.78, 5) is 11.7. The van der Waals surface area contributed by atoms with Crippen LogP contribution in [0.25, 0.3) is 0 Å². The molecule has 1 aliphatic rings. The predicted octanol–water partition coefficient (Wildman–Crippen LogP) is 3.17. The Morgan fingerprint density at radius 3 is 2.59 bits per heavy atom. The molecule has 2 atom stereocenters. The molecule has 0 heterocycles. The molecular formula is C14H26O3. The Labute approximate surface area is 105 Å². The average molecular weight is 242 g/mol. The van der Waals surface area contributed by atoms with Crippen LogP contribution in [-0.4, -0.2) is 24.8 Å². The molecule has 17 heavy (non-hydrogen) atoms.